The Bertz CT molecular complexity index is 3150. The Morgan fingerprint density at radius 3 is 1.91 bits per heavy atom. The molecule has 2 atom stereocenters. The lowest BCUT2D eigenvalue weighted by Gasteiger charge is -2.53. The van der Waals surface area contributed by atoms with E-state index in [1.165, 1.54) is 107 Å². The van der Waals surface area contributed by atoms with Crippen LogP contribution in [0.1, 0.15) is 103 Å². The number of thiophene rings is 1. The molecule has 0 amide bonds. The number of anilines is 8. The Hall–Kier alpha value is -5.78. The summed E-state index contributed by atoms with van der Waals surface area (Å²) in [5.74, 6) is 0. The molecule has 7 aromatic carbocycles. The van der Waals surface area contributed by atoms with Gasteiger partial charge in [0.05, 0.1) is 15.9 Å². The summed E-state index contributed by atoms with van der Waals surface area (Å²) in [7, 11) is 0. The summed E-state index contributed by atoms with van der Waals surface area (Å²) >= 11 is 1.92. The van der Waals surface area contributed by atoms with E-state index in [-0.39, 0.29) is 28.5 Å². The SMILES string of the molecule is Cc1cc2c3c(c1)N1c4c(cccc4C4(C)CCCCC14C)B3c1ccc(N(c3ccc(C(C)(C)C)cc3)c3ccc(C(C)(C)C)cc3)cc1N2c1cccc2c1sc1ccccc12. The summed E-state index contributed by atoms with van der Waals surface area (Å²) in [6.07, 6.45) is 4.97. The van der Waals surface area contributed by atoms with Gasteiger partial charge in [-0.15, -0.1) is 11.3 Å². The van der Waals surface area contributed by atoms with Crippen molar-refractivity contribution in [3.05, 3.63) is 162 Å². The number of aryl methyl sites for hydroxylation is 1. The second-order valence-corrected chi connectivity index (χ2v) is 22.9. The summed E-state index contributed by atoms with van der Waals surface area (Å²) in [4.78, 5) is 7.99. The fourth-order valence-electron chi connectivity index (χ4n) is 12.4. The van der Waals surface area contributed by atoms with Crippen LogP contribution < -0.4 is 31.1 Å². The van der Waals surface area contributed by atoms with Gasteiger partial charge in [-0.3, -0.25) is 0 Å². The Kier molecular flexibility index (Phi) is 8.47. The van der Waals surface area contributed by atoms with Crippen molar-refractivity contribution in [3.8, 4) is 0 Å². The molecule has 12 rings (SSSR count). The molecule has 1 aliphatic carbocycles. The molecule has 0 radical (unpaired) electrons. The third-order valence-corrected chi connectivity index (χ3v) is 17.2. The number of benzene rings is 7. The second-order valence-electron chi connectivity index (χ2n) is 21.8. The Morgan fingerprint density at radius 2 is 1.20 bits per heavy atom. The van der Waals surface area contributed by atoms with Gasteiger partial charge in [0.1, 0.15) is 0 Å². The van der Waals surface area contributed by atoms with Gasteiger partial charge >= 0.3 is 0 Å². The van der Waals surface area contributed by atoms with Gasteiger partial charge in [0, 0.05) is 60.7 Å². The molecule has 0 N–H and O–H groups in total. The lowest BCUT2D eigenvalue weighted by atomic mass is 9.33. The highest BCUT2D eigenvalue weighted by Gasteiger charge is 2.61. The van der Waals surface area contributed by atoms with Gasteiger partial charge in [-0.2, -0.15) is 0 Å². The largest absolute Gasteiger partial charge is 0.335 e. The van der Waals surface area contributed by atoms with E-state index < -0.39 is 0 Å². The van der Waals surface area contributed by atoms with E-state index >= 15 is 0 Å². The maximum atomic E-state index is 2.85. The third-order valence-electron chi connectivity index (χ3n) is 16.0. The van der Waals surface area contributed by atoms with Crippen LogP contribution in [0.3, 0.4) is 0 Å². The predicted octanol–water partition coefficient (Wildman–Crippen LogP) is 14.8. The topological polar surface area (TPSA) is 9.72 Å². The smallest absolute Gasteiger partial charge is 0.252 e. The summed E-state index contributed by atoms with van der Waals surface area (Å²) in [6, 6.07) is 54.2. The van der Waals surface area contributed by atoms with Crippen molar-refractivity contribution in [1.82, 2.24) is 0 Å². The van der Waals surface area contributed by atoms with Crippen molar-refractivity contribution >= 4 is 100 Å². The third kappa shape index (κ3) is 5.52. The molecule has 3 nitrogen and oxygen atoms in total. The molecule has 5 heteroatoms. The first-order valence-corrected chi connectivity index (χ1v) is 24.4. The molecule has 4 aliphatic rings. The molecule has 3 aliphatic heterocycles. The number of hydrogen-bond donors (Lipinski definition) is 0. The maximum absolute atomic E-state index is 2.85. The van der Waals surface area contributed by atoms with Crippen molar-refractivity contribution < 1.29 is 0 Å². The molecular weight excluding hydrogens is 794 g/mol. The van der Waals surface area contributed by atoms with Crippen LogP contribution >= 0.6 is 11.3 Å². The minimum absolute atomic E-state index is 0.0117. The minimum Gasteiger partial charge on any atom is -0.335 e. The second kappa shape index (κ2) is 13.6. The van der Waals surface area contributed by atoms with Crippen molar-refractivity contribution in [2.75, 3.05) is 14.7 Å². The summed E-state index contributed by atoms with van der Waals surface area (Å²) in [5.41, 5.74) is 20.1. The molecule has 2 unspecified atom stereocenters. The van der Waals surface area contributed by atoms with E-state index in [4.69, 9.17) is 0 Å². The fraction of sp³-hybridized carbons (Fsp3) is 0.288. The highest BCUT2D eigenvalue weighted by molar-refractivity contribution is 7.26. The normalized spacial score (nSPS) is 19.7. The van der Waals surface area contributed by atoms with Crippen LogP contribution in [0.4, 0.5) is 45.5 Å². The number of hydrogen-bond acceptors (Lipinski definition) is 4. The zero-order valence-electron chi connectivity index (χ0n) is 38.9. The molecule has 64 heavy (non-hydrogen) atoms. The molecule has 318 valence electrons. The predicted molar refractivity (Wildman–Crippen MR) is 278 cm³/mol. The molecule has 8 aromatic rings. The zero-order valence-corrected chi connectivity index (χ0v) is 39.8. The standard InChI is InChI=1S/C59H58BN3S/c1-37-34-50-53-51(35-37)63-54-45(58(8)32-12-13-33-59(58,63)9)18-15-19-47(54)60(53)46-31-30-42(36-49(46)62(50)48-20-14-17-44-43-16-10-11-21-52(43)64-55(44)48)61(40-26-22-38(23-27-40)56(2,3)4)41-28-24-39(25-29-41)57(5,6)7/h10-11,14-31,34-36H,12-13,32-33H2,1-9H3. The monoisotopic (exact) mass is 851 g/mol. The molecule has 1 aromatic heterocycles. The number of para-hydroxylation sites is 1. The lowest BCUT2D eigenvalue weighted by Crippen LogP contribution is -2.64. The van der Waals surface area contributed by atoms with E-state index in [2.05, 4.69) is 217 Å². The van der Waals surface area contributed by atoms with E-state index in [1.54, 1.807) is 5.56 Å². The average Bonchev–Trinajstić information content (AvgIpc) is 3.76. The number of fused-ring (bicyclic) bond motifs is 10. The molecule has 4 heterocycles. The van der Waals surface area contributed by atoms with Crippen molar-refractivity contribution in [1.29, 1.82) is 0 Å². The van der Waals surface area contributed by atoms with Crippen molar-refractivity contribution in [2.45, 2.75) is 110 Å². The van der Waals surface area contributed by atoms with Gasteiger partial charge in [-0.05, 0) is 137 Å². The van der Waals surface area contributed by atoms with E-state index in [0.29, 0.717) is 0 Å². The van der Waals surface area contributed by atoms with Gasteiger partial charge in [0.15, 0.2) is 0 Å². The number of rotatable bonds is 4. The Morgan fingerprint density at radius 1 is 0.578 bits per heavy atom. The summed E-state index contributed by atoms with van der Waals surface area (Å²) in [5, 5.41) is 2.64. The van der Waals surface area contributed by atoms with Crippen molar-refractivity contribution in [2.24, 2.45) is 0 Å². The van der Waals surface area contributed by atoms with Gasteiger partial charge in [0.2, 0.25) is 0 Å². The van der Waals surface area contributed by atoms with Crippen LogP contribution in [0.2, 0.25) is 0 Å². The molecule has 1 fully saturated rings. The molecule has 0 saturated heterocycles. The quantitative estimate of drug-likeness (QED) is 0.163. The average molecular weight is 852 g/mol. The minimum atomic E-state index is -0.0117. The molecule has 1 saturated carbocycles. The van der Waals surface area contributed by atoms with Crippen LogP contribution in [0, 0.1) is 6.92 Å². The molecule has 0 spiro atoms. The summed E-state index contributed by atoms with van der Waals surface area (Å²) in [6.45, 7) is 21.4. The van der Waals surface area contributed by atoms with E-state index in [0.717, 1.165) is 17.1 Å². The Labute approximate surface area is 384 Å². The van der Waals surface area contributed by atoms with Gasteiger partial charge in [-0.1, -0.05) is 140 Å². The zero-order chi connectivity index (χ0) is 44.1. The molecule has 0 bridgehead atoms. The van der Waals surface area contributed by atoms with E-state index in [1.807, 2.05) is 11.3 Å². The lowest BCUT2D eigenvalue weighted by molar-refractivity contribution is 0.195. The van der Waals surface area contributed by atoms with Gasteiger partial charge in [0.25, 0.3) is 6.71 Å². The van der Waals surface area contributed by atoms with Crippen molar-refractivity contribution in [3.63, 3.8) is 0 Å². The van der Waals surface area contributed by atoms with Crippen LogP contribution in [-0.4, -0.2) is 12.3 Å². The van der Waals surface area contributed by atoms with Gasteiger partial charge < -0.3 is 14.7 Å². The van der Waals surface area contributed by atoms with Crippen LogP contribution in [0.25, 0.3) is 20.2 Å². The molecular formula is C59H58BN3S. The highest BCUT2D eigenvalue weighted by Crippen LogP contribution is 2.62. The number of nitrogens with zero attached hydrogens (tertiary/aromatic N) is 3. The first-order valence-electron chi connectivity index (χ1n) is 23.6. The highest BCUT2D eigenvalue weighted by atomic mass is 32.1. The van der Waals surface area contributed by atoms with E-state index in [9.17, 15) is 0 Å². The maximum Gasteiger partial charge on any atom is 0.252 e. The summed E-state index contributed by atoms with van der Waals surface area (Å²) < 4.78 is 2.65. The first-order chi connectivity index (χ1) is 30.7. The Balaban J connectivity index is 1.15. The van der Waals surface area contributed by atoms with Crippen LogP contribution in [0.5, 0.6) is 0 Å². The van der Waals surface area contributed by atoms with Gasteiger partial charge in [-0.25, -0.2) is 0 Å². The first kappa shape index (κ1) is 39.8. The van der Waals surface area contributed by atoms with Crippen LogP contribution in [0.15, 0.2) is 140 Å². The fourth-order valence-corrected chi connectivity index (χ4v) is 13.6. The van der Waals surface area contributed by atoms with Crippen LogP contribution in [-0.2, 0) is 16.2 Å².